The quantitative estimate of drug-likeness (QED) is 0.451. The Labute approximate surface area is 174 Å². The van der Waals surface area contributed by atoms with E-state index in [2.05, 4.69) is 13.8 Å². The van der Waals surface area contributed by atoms with Crippen LogP contribution in [0.25, 0.3) is 0 Å². The van der Waals surface area contributed by atoms with Crippen LogP contribution in [0.3, 0.4) is 0 Å². The molecule has 3 atom stereocenters. The van der Waals surface area contributed by atoms with E-state index in [1.807, 2.05) is 0 Å². The third-order valence-corrected chi connectivity index (χ3v) is 10.1. The van der Waals surface area contributed by atoms with Gasteiger partial charge in [0.1, 0.15) is 6.17 Å². The van der Waals surface area contributed by atoms with E-state index < -0.39 is 6.17 Å². The lowest BCUT2D eigenvalue weighted by Crippen LogP contribution is -2.37. The Kier molecular flexibility index (Phi) is 7.43. The van der Waals surface area contributed by atoms with Crippen LogP contribution in [-0.2, 0) is 0 Å². The van der Waals surface area contributed by atoms with Gasteiger partial charge in [-0.1, -0.05) is 46.0 Å². The molecule has 0 heterocycles. The van der Waals surface area contributed by atoms with Gasteiger partial charge in [0.25, 0.3) is 0 Å². The van der Waals surface area contributed by atoms with Crippen LogP contribution in [-0.4, -0.2) is 6.17 Å². The molecule has 4 fully saturated rings. The summed E-state index contributed by atoms with van der Waals surface area (Å²) in [6.07, 6.45) is 21.4. The molecule has 1 heteroatoms. The van der Waals surface area contributed by atoms with Crippen LogP contribution in [0.5, 0.6) is 0 Å². The van der Waals surface area contributed by atoms with Crippen molar-refractivity contribution in [2.75, 3.05) is 0 Å². The molecule has 4 aliphatic rings. The highest BCUT2D eigenvalue weighted by Gasteiger charge is 2.40. The van der Waals surface area contributed by atoms with Crippen LogP contribution in [0.15, 0.2) is 0 Å². The third kappa shape index (κ3) is 4.97. The molecule has 28 heavy (non-hydrogen) atoms. The molecule has 0 aliphatic heterocycles. The predicted molar refractivity (Wildman–Crippen MR) is 118 cm³/mol. The number of hydrogen-bond donors (Lipinski definition) is 0. The maximum absolute atomic E-state index is 15.2. The zero-order valence-corrected chi connectivity index (χ0v) is 18.9. The Bertz CT molecular complexity index is 449. The van der Waals surface area contributed by atoms with Gasteiger partial charge in [0, 0.05) is 0 Å². The van der Waals surface area contributed by atoms with Gasteiger partial charge in [-0.2, -0.15) is 0 Å². The van der Waals surface area contributed by atoms with Crippen LogP contribution in [0.1, 0.15) is 117 Å². The van der Waals surface area contributed by atoms with E-state index in [0.717, 1.165) is 36.0 Å². The summed E-state index contributed by atoms with van der Waals surface area (Å²) in [7, 11) is 0. The summed E-state index contributed by atoms with van der Waals surface area (Å²) in [4.78, 5) is 0. The SMILES string of the molecule is CCC1CCC(C2CCC(C3CCC(C4CCC(C)CC4)C(F)C3)CC2)CC1. The minimum absolute atomic E-state index is 0.411. The van der Waals surface area contributed by atoms with E-state index in [9.17, 15) is 0 Å². The second-order valence-corrected chi connectivity index (χ2v) is 11.6. The fourth-order valence-electron chi connectivity index (χ4n) is 8.00. The van der Waals surface area contributed by atoms with E-state index in [1.165, 1.54) is 96.3 Å². The van der Waals surface area contributed by atoms with Gasteiger partial charge >= 0.3 is 0 Å². The molecule has 0 saturated heterocycles. The van der Waals surface area contributed by atoms with Crippen LogP contribution >= 0.6 is 0 Å². The van der Waals surface area contributed by atoms with Gasteiger partial charge in [0.2, 0.25) is 0 Å². The summed E-state index contributed by atoms with van der Waals surface area (Å²) in [5, 5.41) is 0. The molecule has 4 aliphatic carbocycles. The lowest BCUT2D eigenvalue weighted by atomic mass is 9.62. The van der Waals surface area contributed by atoms with Crippen molar-refractivity contribution in [3.05, 3.63) is 0 Å². The van der Waals surface area contributed by atoms with Crippen molar-refractivity contribution in [3.8, 4) is 0 Å². The summed E-state index contributed by atoms with van der Waals surface area (Å²) < 4.78 is 15.2. The third-order valence-electron chi connectivity index (χ3n) is 10.1. The first-order valence-corrected chi connectivity index (χ1v) is 13.3. The zero-order chi connectivity index (χ0) is 19.5. The van der Waals surface area contributed by atoms with Crippen molar-refractivity contribution in [2.45, 2.75) is 123 Å². The maximum atomic E-state index is 15.2. The molecule has 0 nitrogen and oxygen atoms in total. The second kappa shape index (κ2) is 9.82. The summed E-state index contributed by atoms with van der Waals surface area (Å²) in [6, 6.07) is 0. The lowest BCUT2D eigenvalue weighted by molar-refractivity contribution is 0.0295. The molecule has 0 N–H and O–H groups in total. The summed E-state index contributed by atoms with van der Waals surface area (Å²) in [6.45, 7) is 4.75. The van der Waals surface area contributed by atoms with Gasteiger partial charge in [0.15, 0.2) is 0 Å². The summed E-state index contributed by atoms with van der Waals surface area (Å²) >= 11 is 0. The average Bonchev–Trinajstić information content (AvgIpc) is 2.75. The molecule has 3 unspecified atom stereocenters. The van der Waals surface area contributed by atoms with Crippen LogP contribution < -0.4 is 0 Å². The molecule has 0 bridgehead atoms. The van der Waals surface area contributed by atoms with Crippen molar-refractivity contribution in [2.24, 2.45) is 47.3 Å². The van der Waals surface area contributed by atoms with E-state index in [4.69, 9.17) is 0 Å². The predicted octanol–water partition coefficient (Wildman–Crippen LogP) is 8.59. The Balaban J connectivity index is 1.20. The fourth-order valence-corrected chi connectivity index (χ4v) is 8.00. The topological polar surface area (TPSA) is 0 Å². The Morgan fingerprint density at radius 2 is 1.04 bits per heavy atom. The number of halogens is 1. The molecule has 0 aromatic carbocycles. The van der Waals surface area contributed by atoms with Crippen molar-refractivity contribution >= 4 is 0 Å². The van der Waals surface area contributed by atoms with Gasteiger partial charge in [-0.05, 0) is 118 Å². The lowest BCUT2D eigenvalue weighted by Gasteiger charge is -2.44. The van der Waals surface area contributed by atoms with Gasteiger partial charge in [-0.15, -0.1) is 0 Å². The molecular weight excluding hydrogens is 343 g/mol. The van der Waals surface area contributed by atoms with Crippen molar-refractivity contribution in [1.29, 1.82) is 0 Å². The minimum atomic E-state index is -0.487. The molecule has 162 valence electrons. The molecule has 0 aromatic rings. The maximum Gasteiger partial charge on any atom is 0.103 e. The van der Waals surface area contributed by atoms with E-state index >= 15 is 4.39 Å². The van der Waals surface area contributed by atoms with E-state index in [1.54, 1.807) is 0 Å². The van der Waals surface area contributed by atoms with Crippen LogP contribution in [0, 0.1) is 47.3 Å². The van der Waals surface area contributed by atoms with Gasteiger partial charge in [-0.25, -0.2) is 4.39 Å². The summed E-state index contributed by atoms with van der Waals surface area (Å²) in [5.74, 6) is 6.64. The largest absolute Gasteiger partial charge is 0.247 e. The standard InChI is InChI=1S/C27H47F/c1-3-20-6-10-21(11-7-20)22-12-14-23(15-13-22)25-16-17-26(27(28)18-25)24-8-4-19(2)5-9-24/h19-27H,3-18H2,1-2H3. The van der Waals surface area contributed by atoms with Crippen LogP contribution in [0.2, 0.25) is 0 Å². The molecule has 0 amide bonds. The highest BCUT2D eigenvalue weighted by atomic mass is 19.1. The molecule has 0 spiro atoms. The molecule has 4 saturated carbocycles. The molecule has 4 rings (SSSR count). The summed E-state index contributed by atoms with van der Waals surface area (Å²) in [5.41, 5.74) is 0. The van der Waals surface area contributed by atoms with Gasteiger partial charge < -0.3 is 0 Å². The van der Waals surface area contributed by atoms with E-state index in [-0.39, 0.29) is 0 Å². The van der Waals surface area contributed by atoms with Crippen molar-refractivity contribution in [3.63, 3.8) is 0 Å². The monoisotopic (exact) mass is 390 g/mol. The average molecular weight is 391 g/mol. The number of rotatable bonds is 4. The highest BCUT2D eigenvalue weighted by molar-refractivity contribution is 4.90. The first-order valence-electron chi connectivity index (χ1n) is 13.3. The molecule has 0 radical (unpaired) electrons. The van der Waals surface area contributed by atoms with Crippen LogP contribution in [0.4, 0.5) is 4.39 Å². The Morgan fingerprint density at radius 3 is 1.57 bits per heavy atom. The smallest absolute Gasteiger partial charge is 0.103 e. The van der Waals surface area contributed by atoms with Gasteiger partial charge in [-0.3, -0.25) is 0 Å². The molecule has 0 aromatic heterocycles. The molecular formula is C27H47F. The number of hydrogen-bond acceptors (Lipinski definition) is 0. The highest BCUT2D eigenvalue weighted by Crippen LogP contribution is 2.49. The Hall–Kier alpha value is -0.0700. The normalized spacial score (nSPS) is 48.3. The Morgan fingerprint density at radius 1 is 0.571 bits per heavy atom. The zero-order valence-electron chi connectivity index (χ0n) is 18.9. The first kappa shape index (κ1) is 21.2. The van der Waals surface area contributed by atoms with Crippen molar-refractivity contribution < 1.29 is 4.39 Å². The fraction of sp³-hybridized carbons (Fsp3) is 1.00. The first-order chi connectivity index (χ1) is 13.6. The number of alkyl halides is 1. The minimum Gasteiger partial charge on any atom is -0.247 e. The van der Waals surface area contributed by atoms with E-state index in [0.29, 0.717) is 17.8 Å². The second-order valence-electron chi connectivity index (χ2n) is 11.6. The van der Waals surface area contributed by atoms with Crippen molar-refractivity contribution in [1.82, 2.24) is 0 Å². The van der Waals surface area contributed by atoms with Gasteiger partial charge in [0.05, 0.1) is 0 Å².